The number of rotatable bonds is 3. The molecule has 4 heteroatoms. The summed E-state index contributed by atoms with van der Waals surface area (Å²) < 4.78 is 0.461. The molecule has 13 heavy (non-hydrogen) atoms. The minimum absolute atomic E-state index is 0.161. The molecule has 77 valence electrons. The third-order valence-corrected chi connectivity index (χ3v) is 3.12. The number of piperazine rings is 1. The Morgan fingerprint density at radius 2 is 2.31 bits per heavy atom. The molecular formula is C9H19ClN2O+. The maximum atomic E-state index is 8.88. The molecule has 0 bridgehead atoms. The van der Waals surface area contributed by atoms with Gasteiger partial charge in [0.1, 0.15) is 19.6 Å². The van der Waals surface area contributed by atoms with Crippen molar-refractivity contribution < 1.29 is 9.11 Å². The predicted molar refractivity (Wildman–Crippen MR) is 53.4 cm³/mol. The van der Waals surface area contributed by atoms with Crippen LogP contribution in [-0.4, -0.2) is 47.9 Å². The summed E-state index contributed by atoms with van der Waals surface area (Å²) in [6, 6.07) is 0.359. The molecule has 1 saturated heterocycles. The van der Waals surface area contributed by atoms with E-state index >= 15 is 0 Å². The first kappa shape index (κ1) is 11.2. The van der Waals surface area contributed by atoms with Crippen LogP contribution in [-0.2, 0) is 0 Å². The Bertz CT molecular complexity index is 162. The van der Waals surface area contributed by atoms with Crippen LogP contribution < -0.4 is 5.32 Å². The van der Waals surface area contributed by atoms with Gasteiger partial charge in [-0.25, -0.2) is 9.32 Å². The minimum Gasteiger partial charge on any atom is -0.390 e. The quantitative estimate of drug-likeness (QED) is 0.675. The third kappa shape index (κ3) is 3.09. The highest BCUT2D eigenvalue weighted by molar-refractivity contribution is 6.06. The molecule has 0 aliphatic carbocycles. The average molecular weight is 207 g/mol. The van der Waals surface area contributed by atoms with E-state index in [1.165, 1.54) is 0 Å². The summed E-state index contributed by atoms with van der Waals surface area (Å²) in [5.74, 6) is 0.551. The van der Waals surface area contributed by atoms with Crippen LogP contribution >= 0.6 is 11.8 Å². The summed E-state index contributed by atoms with van der Waals surface area (Å²) in [5, 5.41) is 13.4. The van der Waals surface area contributed by atoms with Crippen molar-refractivity contribution in [3.63, 3.8) is 0 Å². The molecular weight excluding hydrogens is 188 g/mol. The van der Waals surface area contributed by atoms with Crippen molar-refractivity contribution in [3.05, 3.63) is 0 Å². The van der Waals surface area contributed by atoms with E-state index in [1.807, 2.05) is 0 Å². The first-order valence-corrected chi connectivity index (χ1v) is 5.24. The van der Waals surface area contributed by atoms with E-state index in [0.717, 1.165) is 19.6 Å². The number of aliphatic hydroxyl groups is 1. The number of aliphatic hydroxyl groups excluding tert-OH is 1. The lowest BCUT2D eigenvalue weighted by molar-refractivity contribution is -0.822. The second-order valence-corrected chi connectivity index (χ2v) is 4.82. The number of halogens is 1. The van der Waals surface area contributed by atoms with Gasteiger partial charge in [-0.15, -0.1) is 0 Å². The lowest BCUT2D eigenvalue weighted by Gasteiger charge is -2.37. The van der Waals surface area contributed by atoms with Crippen LogP contribution in [0.25, 0.3) is 0 Å². The first-order valence-electron chi connectivity index (χ1n) is 4.90. The topological polar surface area (TPSA) is 34.3 Å². The number of hydrogen-bond acceptors (Lipinski definition) is 1. The van der Waals surface area contributed by atoms with Crippen LogP contribution in [0.2, 0.25) is 0 Å². The lowest BCUT2D eigenvalue weighted by Crippen LogP contribution is -2.57. The molecule has 1 rings (SSSR count). The Hall–Kier alpha value is 0.170. The van der Waals surface area contributed by atoms with Gasteiger partial charge in [-0.3, -0.25) is 0 Å². The normalized spacial score (nSPS) is 35.3. The van der Waals surface area contributed by atoms with Crippen molar-refractivity contribution >= 4 is 11.8 Å². The van der Waals surface area contributed by atoms with E-state index < -0.39 is 0 Å². The molecule has 0 aromatic heterocycles. The second-order valence-electron chi connectivity index (χ2n) is 4.10. The Morgan fingerprint density at radius 3 is 2.85 bits per heavy atom. The Morgan fingerprint density at radius 1 is 1.62 bits per heavy atom. The molecule has 0 aromatic rings. The molecule has 0 spiro atoms. The maximum Gasteiger partial charge on any atom is 0.165 e. The number of quaternary nitrogens is 1. The Balaban J connectivity index is 2.49. The number of hydrogen-bond donors (Lipinski definition) is 1. The van der Waals surface area contributed by atoms with Gasteiger partial charge in [0.2, 0.25) is 0 Å². The summed E-state index contributed by atoms with van der Waals surface area (Å²) in [4.78, 5) is 0. The van der Waals surface area contributed by atoms with Crippen molar-refractivity contribution in [3.8, 4) is 0 Å². The van der Waals surface area contributed by atoms with E-state index in [-0.39, 0.29) is 6.61 Å². The van der Waals surface area contributed by atoms with Crippen molar-refractivity contribution in [2.24, 2.45) is 5.92 Å². The molecule has 1 aliphatic rings. The zero-order valence-electron chi connectivity index (χ0n) is 8.41. The second kappa shape index (κ2) is 4.60. The van der Waals surface area contributed by atoms with E-state index in [1.54, 1.807) is 0 Å². The fraction of sp³-hybridized carbons (Fsp3) is 1.00. The molecule has 3 nitrogen and oxygen atoms in total. The molecule has 0 amide bonds. The van der Waals surface area contributed by atoms with Crippen LogP contribution in [0.5, 0.6) is 0 Å². The average Bonchev–Trinajstić information content (AvgIpc) is 2.04. The van der Waals surface area contributed by atoms with Gasteiger partial charge in [0.05, 0.1) is 19.2 Å². The van der Waals surface area contributed by atoms with Crippen LogP contribution in [0.1, 0.15) is 13.8 Å². The van der Waals surface area contributed by atoms with Gasteiger partial charge in [0, 0.05) is 0 Å². The SMILES string of the molecule is CC(C)C1C[N+](Cl)(CCO)CC[N]1. The van der Waals surface area contributed by atoms with Crippen molar-refractivity contribution in [2.75, 3.05) is 32.8 Å². The summed E-state index contributed by atoms with van der Waals surface area (Å²) in [6.45, 7) is 7.67. The highest BCUT2D eigenvalue weighted by atomic mass is 35.5. The fourth-order valence-corrected chi connectivity index (χ4v) is 1.98. The van der Waals surface area contributed by atoms with Crippen molar-refractivity contribution in [2.45, 2.75) is 19.9 Å². The van der Waals surface area contributed by atoms with Crippen LogP contribution in [0.4, 0.5) is 0 Å². The van der Waals surface area contributed by atoms with Gasteiger partial charge >= 0.3 is 0 Å². The smallest absolute Gasteiger partial charge is 0.165 e. The highest BCUT2D eigenvalue weighted by Gasteiger charge is 2.35. The lowest BCUT2D eigenvalue weighted by atomic mass is 10.0. The molecule has 1 N–H and O–H groups in total. The third-order valence-electron chi connectivity index (χ3n) is 2.65. The molecule has 0 saturated carbocycles. The van der Waals surface area contributed by atoms with Gasteiger partial charge in [0.15, 0.2) is 11.8 Å². The van der Waals surface area contributed by atoms with Gasteiger partial charge in [-0.1, -0.05) is 13.8 Å². The predicted octanol–water partition coefficient (Wildman–Crippen LogP) is 0.592. The zero-order chi connectivity index (χ0) is 9.90. The van der Waals surface area contributed by atoms with Gasteiger partial charge in [-0.05, 0) is 5.92 Å². The Kier molecular flexibility index (Phi) is 3.98. The van der Waals surface area contributed by atoms with Crippen LogP contribution in [0.15, 0.2) is 0 Å². The summed E-state index contributed by atoms with van der Waals surface area (Å²) >= 11 is 6.33. The molecule has 1 radical (unpaired) electrons. The molecule has 2 unspecified atom stereocenters. The van der Waals surface area contributed by atoms with E-state index in [9.17, 15) is 0 Å². The van der Waals surface area contributed by atoms with E-state index in [2.05, 4.69) is 19.2 Å². The van der Waals surface area contributed by atoms with Gasteiger partial charge in [-0.2, -0.15) is 0 Å². The maximum absolute atomic E-state index is 8.88. The Labute approximate surface area is 85.4 Å². The molecule has 1 fully saturated rings. The highest BCUT2D eigenvalue weighted by Crippen LogP contribution is 2.20. The largest absolute Gasteiger partial charge is 0.390 e. The summed E-state index contributed by atoms with van der Waals surface area (Å²) in [5.41, 5.74) is 0. The minimum atomic E-state index is 0.161. The van der Waals surface area contributed by atoms with Gasteiger partial charge in [0.25, 0.3) is 0 Å². The zero-order valence-corrected chi connectivity index (χ0v) is 9.17. The van der Waals surface area contributed by atoms with Crippen molar-refractivity contribution in [1.82, 2.24) is 5.32 Å². The molecule has 2 atom stereocenters. The monoisotopic (exact) mass is 206 g/mol. The van der Waals surface area contributed by atoms with Gasteiger partial charge < -0.3 is 5.11 Å². The fourth-order valence-electron chi connectivity index (χ4n) is 1.69. The first-order chi connectivity index (χ1) is 6.07. The van der Waals surface area contributed by atoms with E-state index in [0.29, 0.717) is 22.5 Å². The van der Waals surface area contributed by atoms with Crippen LogP contribution in [0.3, 0.4) is 0 Å². The summed E-state index contributed by atoms with van der Waals surface area (Å²) in [7, 11) is 0. The molecule has 1 heterocycles. The van der Waals surface area contributed by atoms with Crippen LogP contribution in [0, 0.1) is 5.92 Å². The van der Waals surface area contributed by atoms with E-state index in [4.69, 9.17) is 16.9 Å². The molecule has 1 aliphatic heterocycles. The van der Waals surface area contributed by atoms with Crippen molar-refractivity contribution in [1.29, 1.82) is 0 Å². The standard InChI is InChI=1S/C9H19ClN2O/c1-8(2)9-7-12(10,5-6-13)4-3-11-9/h8-9,13H,3-7H2,1-2H3/q+1. The summed E-state index contributed by atoms with van der Waals surface area (Å²) in [6.07, 6.45) is 0. The molecule has 0 aromatic carbocycles. The number of nitrogens with zero attached hydrogens (tertiary/aromatic N) is 2.